The van der Waals surface area contributed by atoms with Crippen LogP contribution in [-0.2, 0) is 14.3 Å². The van der Waals surface area contributed by atoms with Gasteiger partial charge in [-0.3, -0.25) is 14.9 Å². The van der Waals surface area contributed by atoms with E-state index < -0.39 is 16.8 Å². The number of esters is 1. The van der Waals surface area contributed by atoms with Crippen molar-refractivity contribution in [1.82, 2.24) is 4.90 Å². The molecule has 1 heterocycles. The molecule has 1 atom stereocenters. The number of nitrogens with zero attached hydrogens (tertiary/aromatic N) is 2. The molecule has 2 aromatic carbocycles. The fraction of sp³-hybridized carbons (Fsp3) is 0.182. The van der Waals surface area contributed by atoms with Crippen LogP contribution in [0.15, 0.2) is 65.4 Å². The van der Waals surface area contributed by atoms with Crippen molar-refractivity contribution in [2.75, 3.05) is 7.11 Å². The Morgan fingerprint density at radius 1 is 1.23 bits per heavy atom. The minimum absolute atomic E-state index is 0.0736. The molecule has 0 aliphatic carbocycles. The minimum Gasteiger partial charge on any atom is -0.465 e. The van der Waals surface area contributed by atoms with Gasteiger partial charge in [0.25, 0.3) is 11.6 Å². The molecule has 1 aliphatic heterocycles. The summed E-state index contributed by atoms with van der Waals surface area (Å²) in [5.41, 5.74) is 1.60. The predicted octanol–water partition coefficient (Wildman–Crippen LogP) is 4.68. The van der Waals surface area contributed by atoms with Gasteiger partial charge in [-0.1, -0.05) is 41.9 Å². The second-order valence-corrected chi connectivity index (χ2v) is 7.14. The Hall–Kier alpha value is -3.45. The summed E-state index contributed by atoms with van der Waals surface area (Å²) in [5, 5.41) is 11.3. The van der Waals surface area contributed by atoms with Crippen molar-refractivity contribution in [2.24, 2.45) is 0 Å². The third kappa shape index (κ3) is 3.84. The van der Waals surface area contributed by atoms with Crippen molar-refractivity contribution in [3.05, 3.63) is 91.6 Å². The number of non-ortho nitro benzene ring substituents is 1. The van der Waals surface area contributed by atoms with E-state index in [4.69, 9.17) is 16.3 Å². The van der Waals surface area contributed by atoms with Crippen LogP contribution >= 0.6 is 11.6 Å². The molecular formula is C22H19ClN2O5. The molecule has 2 aromatic rings. The maximum Gasteiger partial charge on any atom is 0.340 e. The molecule has 0 spiro atoms. The molecule has 0 N–H and O–H groups in total. The minimum atomic E-state index is -0.670. The largest absolute Gasteiger partial charge is 0.465 e. The van der Waals surface area contributed by atoms with Crippen LogP contribution in [-0.4, -0.2) is 28.8 Å². The normalized spacial score (nSPS) is 16.2. The highest BCUT2D eigenvalue weighted by Gasteiger charge is 2.39. The first-order valence-corrected chi connectivity index (χ1v) is 9.47. The van der Waals surface area contributed by atoms with E-state index in [1.54, 1.807) is 6.92 Å². The van der Waals surface area contributed by atoms with Gasteiger partial charge in [-0.2, -0.15) is 0 Å². The van der Waals surface area contributed by atoms with E-state index in [1.807, 2.05) is 37.3 Å². The van der Waals surface area contributed by atoms with Crippen molar-refractivity contribution in [2.45, 2.75) is 19.9 Å². The Kier molecular flexibility index (Phi) is 6.03. The number of methoxy groups -OCH3 is 1. The lowest BCUT2D eigenvalue weighted by Crippen LogP contribution is -2.28. The number of halogens is 1. The van der Waals surface area contributed by atoms with E-state index >= 15 is 0 Å². The highest BCUT2D eigenvalue weighted by molar-refractivity contribution is 6.32. The van der Waals surface area contributed by atoms with E-state index in [1.165, 1.54) is 36.3 Å². The molecule has 0 radical (unpaired) electrons. The summed E-state index contributed by atoms with van der Waals surface area (Å²) in [6.45, 7) is 3.52. The van der Waals surface area contributed by atoms with Crippen LogP contribution in [0.25, 0.3) is 6.08 Å². The summed E-state index contributed by atoms with van der Waals surface area (Å²) in [4.78, 5) is 37.9. The molecule has 0 saturated heterocycles. The molecule has 1 amide bonds. The van der Waals surface area contributed by atoms with Gasteiger partial charge in [0.15, 0.2) is 0 Å². The number of ether oxygens (including phenoxy) is 1. The first kappa shape index (κ1) is 21.3. The van der Waals surface area contributed by atoms with Gasteiger partial charge >= 0.3 is 5.97 Å². The number of hydrogen-bond donors (Lipinski definition) is 0. The van der Waals surface area contributed by atoms with Crippen LogP contribution in [0.4, 0.5) is 5.69 Å². The third-order valence-corrected chi connectivity index (χ3v) is 5.33. The number of benzene rings is 2. The number of hydrogen-bond acceptors (Lipinski definition) is 5. The number of rotatable bonds is 5. The summed E-state index contributed by atoms with van der Waals surface area (Å²) in [7, 11) is 1.23. The second kappa shape index (κ2) is 8.51. The smallest absolute Gasteiger partial charge is 0.340 e. The lowest BCUT2D eigenvalue weighted by atomic mass is 10.0. The third-order valence-electron chi connectivity index (χ3n) is 4.99. The molecular weight excluding hydrogens is 408 g/mol. The maximum atomic E-state index is 13.3. The molecule has 7 nitrogen and oxygen atoms in total. The van der Waals surface area contributed by atoms with Gasteiger partial charge in [0.05, 0.1) is 29.2 Å². The maximum absolute atomic E-state index is 13.3. The van der Waals surface area contributed by atoms with Crippen LogP contribution in [0.3, 0.4) is 0 Å². The van der Waals surface area contributed by atoms with Crippen molar-refractivity contribution in [1.29, 1.82) is 0 Å². The quantitative estimate of drug-likeness (QED) is 0.299. The summed E-state index contributed by atoms with van der Waals surface area (Å²) in [6.07, 6.45) is 1.39. The fourth-order valence-corrected chi connectivity index (χ4v) is 3.63. The zero-order valence-electron chi connectivity index (χ0n) is 16.6. The van der Waals surface area contributed by atoms with E-state index in [0.29, 0.717) is 5.70 Å². The standard InChI is InChI=1S/C22H19ClN2O5/c1-13(15-7-5-4-6-8-15)24-14(2)20(22(27)30-3)18(21(24)26)12-16-11-17(25(28)29)9-10-19(16)23/h4-13H,1-3H3/b18-12-. The topological polar surface area (TPSA) is 89.8 Å². The molecule has 1 aliphatic rings. The Labute approximate surface area is 178 Å². The predicted molar refractivity (Wildman–Crippen MR) is 113 cm³/mol. The molecule has 1 unspecified atom stereocenters. The zero-order chi connectivity index (χ0) is 22.0. The average molecular weight is 427 g/mol. The number of nitro groups is 1. The molecule has 0 bridgehead atoms. The van der Waals surface area contributed by atoms with Crippen LogP contribution in [0, 0.1) is 10.1 Å². The van der Waals surface area contributed by atoms with Crippen molar-refractivity contribution < 1.29 is 19.2 Å². The molecule has 0 saturated carbocycles. The molecule has 0 aromatic heterocycles. The highest BCUT2D eigenvalue weighted by atomic mass is 35.5. The Morgan fingerprint density at radius 2 is 1.90 bits per heavy atom. The van der Waals surface area contributed by atoms with Gasteiger partial charge in [-0.25, -0.2) is 4.79 Å². The number of carbonyl (C=O) groups is 2. The van der Waals surface area contributed by atoms with E-state index in [0.717, 1.165) is 5.56 Å². The fourth-order valence-electron chi connectivity index (χ4n) is 3.46. The van der Waals surface area contributed by atoms with Crippen LogP contribution in [0.2, 0.25) is 5.02 Å². The summed E-state index contributed by atoms with van der Waals surface area (Å²) < 4.78 is 4.89. The number of carbonyl (C=O) groups excluding carboxylic acids is 2. The molecule has 3 rings (SSSR count). The molecule has 0 fully saturated rings. The van der Waals surface area contributed by atoms with Gasteiger partial charge in [-0.05, 0) is 31.6 Å². The molecule has 154 valence electrons. The number of nitro benzene ring substituents is 1. The summed E-state index contributed by atoms with van der Waals surface area (Å²) in [6, 6.07) is 13.0. The first-order chi connectivity index (χ1) is 14.3. The SMILES string of the molecule is COC(=O)C1=C(C)N(C(C)c2ccccc2)C(=O)/C1=C\c1cc([N+](=O)[O-])ccc1Cl. The van der Waals surface area contributed by atoms with Gasteiger partial charge in [0.1, 0.15) is 0 Å². The lowest BCUT2D eigenvalue weighted by Gasteiger charge is -2.26. The van der Waals surface area contributed by atoms with Gasteiger partial charge < -0.3 is 9.64 Å². The average Bonchev–Trinajstić information content (AvgIpc) is 2.98. The van der Waals surface area contributed by atoms with E-state index in [9.17, 15) is 19.7 Å². The molecule has 8 heteroatoms. The summed E-state index contributed by atoms with van der Waals surface area (Å²) in [5.74, 6) is -1.08. The Bertz CT molecular complexity index is 1090. The van der Waals surface area contributed by atoms with Crippen molar-refractivity contribution >= 4 is 35.2 Å². The number of allylic oxidation sites excluding steroid dienone is 1. The van der Waals surface area contributed by atoms with Crippen molar-refractivity contribution in [3.63, 3.8) is 0 Å². The molecule has 30 heavy (non-hydrogen) atoms. The van der Waals surface area contributed by atoms with E-state index in [2.05, 4.69) is 0 Å². The van der Waals surface area contributed by atoms with Crippen LogP contribution in [0.5, 0.6) is 0 Å². The summed E-state index contributed by atoms with van der Waals surface area (Å²) >= 11 is 6.20. The highest BCUT2D eigenvalue weighted by Crippen LogP contribution is 2.38. The number of amides is 1. The van der Waals surface area contributed by atoms with Gasteiger partial charge in [-0.15, -0.1) is 0 Å². The van der Waals surface area contributed by atoms with Gasteiger partial charge in [0, 0.05) is 28.4 Å². The first-order valence-electron chi connectivity index (χ1n) is 9.10. The lowest BCUT2D eigenvalue weighted by molar-refractivity contribution is -0.384. The van der Waals surface area contributed by atoms with Crippen molar-refractivity contribution in [3.8, 4) is 0 Å². The second-order valence-electron chi connectivity index (χ2n) is 6.73. The van der Waals surface area contributed by atoms with Gasteiger partial charge in [0.2, 0.25) is 0 Å². The van der Waals surface area contributed by atoms with Crippen LogP contribution < -0.4 is 0 Å². The zero-order valence-corrected chi connectivity index (χ0v) is 17.3. The Balaban J connectivity index is 2.14. The Morgan fingerprint density at radius 3 is 2.50 bits per heavy atom. The van der Waals surface area contributed by atoms with Crippen LogP contribution in [0.1, 0.15) is 31.0 Å². The van der Waals surface area contributed by atoms with E-state index in [-0.39, 0.29) is 33.5 Å². The monoisotopic (exact) mass is 426 g/mol.